The number of thiazole rings is 1. The third-order valence-electron chi connectivity index (χ3n) is 6.97. The van der Waals surface area contributed by atoms with E-state index in [0.29, 0.717) is 5.69 Å². The minimum atomic E-state index is -4.27. The molecular weight excluding hydrogens is 519 g/mol. The molecule has 12 heteroatoms. The molecule has 1 amide bonds. The van der Waals surface area contributed by atoms with Gasteiger partial charge in [0.1, 0.15) is 5.56 Å². The van der Waals surface area contributed by atoms with Crippen LogP contribution >= 0.6 is 11.3 Å². The normalized spacial score (nSPS) is 18.3. The number of amides is 1. The summed E-state index contributed by atoms with van der Waals surface area (Å²) >= 11 is 1.53. The van der Waals surface area contributed by atoms with Crippen LogP contribution in [0, 0.1) is 11.8 Å². The molecule has 0 saturated heterocycles. The zero-order chi connectivity index (χ0) is 27.2. The average Bonchev–Trinajstić information content (AvgIpc) is 3.59. The van der Waals surface area contributed by atoms with Crippen LogP contribution in [0.25, 0.3) is 21.9 Å². The minimum absolute atomic E-state index is 0.0196. The van der Waals surface area contributed by atoms with Crippen LogP contribution in [0.5, 0.6) is 0 Å². The predicted octanol–water partition coefficient (Wildman–Crippen LogP) is 6.06. The smallest absolute Gasteiger partial charge is 0.391 e. The number of hydrogen-bond acceptors (Lipinski definition) is 5. The van der Waals surface area contributed by atoms with Gasteiger partial charge in [-0.15, -0.1) is 16.4 Å². The van der Waals surface area contributed by atoms with Crippen molar-refractivity contribution in [1.82, 2.24) is 19.2 Å². The number of benzene rings is 1. The number of alkyl halides is 3. The van der Waals surface area contributed by atoms with Gasteiger partial charge in [0.25, 0.3) is 0 Å². The van der Waals surface area contributed by atoms with Crippen LogP contribution in [0.2, 0.25) is 0 Å². The molecule has 0 atom stereocenters. The highest BCUT2D eigenvalue weighted by Crippen LogP contribution is 2.40. The van der Waals surface area contributed by atoms with E-state index in [1.54, 1.807) is 26.0 Å². The molecular formula is C26H26F3N5O3S. The number of aromatic nitrogens is 4. The van der Waals surface area contributed by atoms with Gasteiger partial charge >= 0.3 is 12.1 Å². The highest BCUT2D eigenvalue weighted by atomic mass is 32.1. The lowest BCUT2D eigenvalue weighted by molar-refractivity contribution is -0.184. The van der Waals surface area contributed by atoms with Crippen LogP contribution in [0.4, 0.5) is 19.0 Å². The number of halogens is 3. The first kappa shape index (κ1) is 26.0. The summed E-state index contributed by atoms with van der Waals surface area (Å²) in [5.41, 5.74) is 2.11. The van der Waals surface area contributed by atoms with Crippen molar-refractivity contribution in [3.63, 3.8) is 0 Å². The first-order valence-corrected chi connectivity index (χ1v) is 13.2. The fourth-order valence-electron chi connectivity index (χ4n) is 4.95. The molecule has 1 aromatic carbocycles. The molecule has 38 heavy (non-hydrogen) atoms. The number of carbonyl (C=O) groups is 2. The monoisotopic (exact) mass is 545 g/mol. The van der Waals surface area contributed by atoms with Gasteiger partial charge in [-0.3, -0.25) is 14.1 Å². The number of nitrogens with zero attached hydrogens (tertiary/aromatic N) is 5. The van der Waals surface area contributed by atoms with Gasteiger partial charge in [-0.25, -0.2) is 14.5 Å². The van der Waals surface area contributed by atoms with E-state index in [2.05, 4.69) is 10.1 Å². The number of hydrogen-bond donors (Lipinski definition) is 1. The van der Waals surface area contributed by atoms with Crippen molar-refractivity contribution in [2.45, 2.75) is 51.7 Å². The van der Waals surface area contributed by atoms with Crippen molar-refractivity contribution >= 4 is 34.0 Å². The Labute approximate surface area is 220 Å². The van der Waals surface area contributed by atoms with E-state index in [1.807, 2.05) is 34.3 Å². The summed E-state index contributed by atoms with van der Waals surface area (Å²) in [4.78, 5) is 32.4. The average molecular weight is 546 g/mol. The van der Waals surface area contributed by atoms with Crippen LogP contribution in [0.3, 0.4) is 0 Å². The highest BCUT2D eigenvalue weighted by Gasteiger charge is 2.43. The molecule has 0 spiro atoms. The van der Waals surface area contributed by atoms with Crippen molar-refractivity contribution in [1.29, 1.82) is 0 Å². The van der Waals surface area contributed by atoms with Crippen molar-refractivity contribution in [3.8, 4) is 16.9 Å². The summed E-state index contributed by atoms with van der Waals surface area (Å²) in [6.45, 7) is 3.46. The zero-order valence-electron chi connectivity index (χ0n) is 20.7. The number of carboxylic acid groups (broad SMARTS) is 1. The number of rotatable bonds is 6. The summed E-state index contributed by atoms with van der Waals surface area (Å²) in [6, 6.07) is 6.83. The number of carboxylic acids is 1. The van der Waals surface area contributed by atoms with Crippen LogP contribution < -0.4 is 4.90 Å². The second kappa shape index (κ2) is 9.90. The number of fused-ring (bicyclic) bond motifs is 1. The molecule has 200 valence electrons. The van der Waals surface area contributed by atoms with E-state index in [1.165, 1.54) is 27.1 Å². The first-order chi connectivity index (χ1) is 18.0. The van der Waals surface area contributed by atoms with Gasteiger partial charge in [0.05, 0.1) is 17.3 Å². The van der Waals surface area contributed by atoms with E-state index < -0.39 is 35.9 Å². The van der Waals surface area contributed by atoms with Gasteiger partial charge in [0.15, 0.2) is 10.8 Å². The molecule has 3 heterocycles. The lowest BCUT2D eigenvalue weighted by atomic mass is 9.81. The summed E-state index contributed by atoms with van der Waals surface area (Å²) in [5, 5.41) is 16.3. The Balaban J connectivity index is 1.41. The fraction of sp³-hybridized carbons (Fsp3) is 0.385. The highest BCUT2D eigenvalue weighted by molar-refractivity contribution is 7.15. The summed E-state index contributed by atoms with van der Waals surface area (Å²) in [5.74, 6) is -3.70. The molecule has 8 nitrogen and oxygen atoms in total. The Kier molecular flexibility index (Phi) is 6.76. The lowest BCUT2D eigenvalue weighted by Crippen LogP contribution is -2.44. The maximum Gasteiger partial charge on any atom is 0.391 e. The maximum atomic E-state index is 13.5. The molecule has 5 rings (SSSR count). The maximum absolute atomic E-state index is 13.5. The first-order valence-electron chi connectivity index (χ1n) is 12.3. The number of imidazole rings is 1. The van der Waals surface area contributed by atoms with Crippen molar-refractivity contribution < 1.29 is 27.9 Å². The third-order valence-corrected chi connectivity index (χ3v) is 7.74. The van der Waals surface area contributed by atoms with Gasteiger partial charge in [-0.05, 0) is 51.7 Å². The minimum Gasteiger partial charge on any atom is -0.477 e. The van der Waals surface area contributed by atoms with Gasteiger partial charge in [-0.2, -0.15) is 13.2 Å². The molecule has 1 aliphatic rings. The fourth-order valence-corrected chi connectivity index (χ4v) is 5.65. The largest absolute Gasteiger partial charge is 0.477 e. The van der Waals surface area contributed by atoms with Crippen LogP contribution in [0.15, 0.2) is 48.2 Å². The van der Waals surface area contributed by atoms with Gasteiger partial charge in [-0.1, -0.05) is 12.1 Å². The summed E-state index contributed by atoms with van der Waals surface area (Å²) < 4.78 is 42.6. The molecule has 3 aromatic heterocycles. The van der Waals surface area contributed by atoms with Gasteiger partial charge in [0, 0.05) is 41.5 Å². The van der Waals surface area contributed by atoms with Crippen LogP contribution in [-0.4, -0.2) is 48.4 Å². The van der Waals surface area contributed by atoms with Crippen molar-refractivity contribution in [2.24, 2.45) is 11.8 Å². The van der Waals surface area contributed by atoms with E-state index in [4.69, 9.17) is 0 Å². The standard InChI is InChI=1S/C26H26F3N5O3S/c1-15(2)34(23(35)17-3-7-18(8-4-17)26(27,28)29)22-20(24(36)37)13-33(31-22)19-9-5-16(6-10-19)21-14-32-11-12-38-25(32)30-21/h5-6,9-15,17-18H,3-4,7-8H2,1-2H3,(H,36,37)/t17-,18-. The summed E-state index contributed by atoms with van der Waals surface area (Å²) in [6.07, 6.45) is 0.884. The zero-order valence-corrected chi connectivity index (χ0v) is 21.5. The SMILES string of the molecule is CC(C)N(c1nn(-c2ccc(-c3cn4ccsc4n3)cc2)cc1C(=O)O)C(=O)[C@H]1CC[C@H](C(F)(F)F)CC1. The molecule has 0 bridgehead atoms. The third kappa shape index (κ3) is 4.92. The Morgan fingerprint density at radius 2 is 1.79 bits per heavy atom. The Morgan fingerprint density at radius 1 is 1.11 bits per heavy atom. The van der Waals surface area contributed by atoms with Crippen molar-refractivity contribution in [2.75, 3.05) is 4.90 Å². The lowest BCUT2D eigenvalue weighted by Gasteiger charge is -2.34. The van der Waals surface area contributed by atoms with E-state index in [-0.39, 0.29) is 37.1 Å². The Hall–Kier alpha value is -3.67. The number of aromatic carboxylic acids is 1. The quantitative estimate of drug-likeness (QED) is 0.318. The second-order valence-corrected chi connectivity index (χ2v) is 10.6. The van der Waals surface area contributed by atoms with Gasteiger partial charge in [0.2, 0.25) is 5.91 Å². The van der Waals surface area contributed by atoms with Crippen LogP contribution in [0.1, 0.15) is 49.9 Å². The van der Waals surface area contributed by atoms with E-state index >= 15 is 0 Å². The second-order valence-electron chi connectivity index (χ2n) is 9.77. The number of anilines is 1. The van der Waals surface area contributed by atoms with Gasteiger partial charge < -0.3 is 5.11 Å². The molecule has 1 saturated carbocycles. The van der Waals surface area contributed by atoms with E-state index in [0.717, 1.165) is 16.2 Å². The molecule has 1 aliphatic carbocycles. The van der Waals surface area contributed by atoms with Crippen molar-refractivity contribution in [3.05, 3.63) is 53.8 Å². The summed E-state index contributed by atoms with van der Waals surface area (Å²) in [7, 11) is 0. The predicted molar refractivity (Wildman–Crippen MR) is 137 cm³/mol. The molecule has 1 N–H and O–H groups in total. The molecule has 4 aromatic rings. The van der Waals surface area contributed by atoms with E-state index in [9.17, 15) is 27.9 Å². The topological polar surface area (TPSA) is 92.7 Å². The Bertz CT molecular complexity index is 1430. The molecule has 0 aliphatic heterocycles. The molecule has 0 unspecified atom stereocenters. The molecule has 0 radical (unpaired) electrons. The molecule has 1 fully saturated rings. The van der Waals surface area contributed by atoms with Crippen LogP contribution in [-0.2, 0) is 4.79 Å². The Morgan fingerprint density at radius 3 is 2.37 bits per heavy atom. The number of carbonyl (C=O) groups excluding carboxylic acids is 1.